The van der Waals surface area contributed by atoms with Crippen molar-refractivity contribution < 1.29 is 0 Å². The molecule has 0 saturated heterocycles. The fraction of sp³-hybridized carbons (Fsp3) is 0. The van der Waals surface area contributed by atoms with E-state index in [0.29, 0.717) is 0 Å². The van der Waals surface area contributed by atoms with Gasteiger partial charge in [-0.25, -0.2) is 9.67 Å². The molecule has 142 valence electrons. The topological polar surface area (TPSA) is 30.7 Å². The lowest BCUT2D eigenvalue weighted by atomic mass is 10.2. The third kappa shape index (κ3) is 3.89. The Morgan fingerprint density at radius 3 is 2.48 bits per heavy atom. The van der Waals surface area contributed by atoms with Gasteiger partial charge < -0.3 is 0 Å². The van der Waals surface area contributed by atoms with E-state index in [1.54, 1.807) is 34.4 Å². The van der Waals surface area contributed by atoms with Crippen LogP contribution in [0.5, 0.6) is 0 Å². The molecular formula is C22H14ClN3S3. The molecule has 2 aromatic carbocycles. The molecule has 0 radical (unpaired) electrons. The van der Waals surface area contributed by atoms with Gasteiger partial charge in [0, 0.05) is 15.5 Å². The van der Waals surface area contributed by atoms with Crippen LogP contribution in [0.25, 0.3) is 27.0 Å². The number of benzene rings is 2. The molecule has 0 unspecified atom stereocenters. The number of aromatic nitrogens is 3. The first-order chi connectivity index (χ1) is 14.3. The first kappa shape index (κ1) is 18.6. The molecule has 0 N–H and O–H groups in total. The largest absolute Gasteiger partial charge is 0.217 e. The van der Waals surface area contributed by atoms with Crippen molar-refractivity contribution in [1.82, 2.24) is 14.8 Å². The Morgan fingerprint density at radius 2 is 1.72 bits per heavy atom. The Kier molecular flexibility index (Phi) is 5.24. The molecule has 0 saturated carbocycles. The van der Waals surface area contributed by atoms with Crippen molar-refractivity contribution in [2.45, 2.75) is 9.10 Å². The summed E-state index contributed by atoms with van der Waals surface area (Å²) in [6.07, 6.45) is 1.82. The maximum Gasteiger partial charge on any atom is 0.212 e. The molecule has 3 aromatic heterocycles. The first-order valence-electron chi connectivity index (χ1n) is 8.86. The van der Waals surface area contributed by atoms with Crippen LogP contribution in [0.3, 0.4) is 0 Å². The number of thiazole rings is 1. The second-order valence-electron chi connectivity index (χ2n) is 6.16. The highest BCUT2D eigenvalue weighted by molar-refractivity contribution is 8.01. The Balaban J connectivity index is 1.60. The van der Waals surface area contributed by atoms with Gasteiger partial charge in [0.15, 0.2) is 0 Å². The van der Waals surface area contributed by atoms with Gasteiger partial charge in [0.05, 0.1) is 26.7 Å². The van der Waals surface area contributed by atoms with Gasteiger partial charge in [0.2, 0.25) is 5.13 Å². The third-order valence-electron chi connectivity index (χ3n) is 4.25. The predicted molar refractivity (Wildman–Crippen MR) is 124 cm³/mol. The number of hydrogen-bond donors (Lipinski definition) is 0. The summed E-state index contributed by atoms with van der Waals surface area (Å²) in [5, 5.41) is 8.22. The molecular weight excluding hydrogens is 438 g/mol. The third-order valence-corrected chi connectivity index (χ3v) is 7.61. The number of nitrogens with zero attached hydrogens (tertiary/aromatic N) is 3. The summed E-state index contributed by atoms with van der Waals surface area (Å²) >= 11 is 11.1. The van der Waals surface area contributed by atoms with E-state index in [4.69, 9.17) is 16.6 Å². The second kappa shape index (κ2) is 8.16. The van der Waals surface area contributed by atoms with Crippen LogP contribution in [0, 0.1) is 0 Å². The number of halogens is 1. The standard InChI is InChI=1S/C22H14ClN3S3/c23-16-8-10-17(11-9-16)28-21-20(15-5-2-1-3-6-15)25-22(29-21)26-18(12-13-24-26)19-7-4-14-27-19/h1-14H. The Labute approximate surface area is 185 Å². The summed E-state index contributed by atoms with van der Waals surface area (Å²) in [6, 6.07) is 24.4. The van der Waals surface area contributed by atoms with Crippen LogP contribution in [0.15, 0.2) is 93.5 Å². The van der Waals surface area contributed by atoms with Gasteiger partial charge in [-0.15, -0.1) is 11.3 Å². The van der Waals surface area contributed by atoms with E-state index in [2.05, 4.69) is 34.7 Å². The van der Waals surface area contributed by atoms with E-state index in [1.165, 1.54) is 4.88 Å². The van der Waals surface area contributed by atoms with Crippen molar-refractivity contribution >= 4 is 46.0 Å². The van der Waals surface area contributed by atoms with Crippen LogP contribution in [-0.2, 0) is 0 Å². The van der Waals surface area contributed by atoms with Crippen LogP contribution in [0.2, 0.25) is 5.02 Å². The molecule has 0 fully saturated rings. The molecule has 0 spiro atoms. The van der Waals surface area contributed by atoms with E-state index in [-0.39, 0.29) is 0 Å². The van der Waals surface area contributed by atoms with E-state index in [1.807, 2.05) is 59.4 Å². The van der Waals surface area contributed by atoms with Gasteiger partial charge >= 0.3 is 0 Å². The van der Waals surface area contributed by atoms with Crippen LogP contribution in [0.1, 0.15) is 0 Å². The van der Waals surface area contributed by atoms with Gasteiger partial charge in [0.25, 0.3) is 0 Å². The zero-order valence-electron chi connectivity index (χ0n) is 15.0. The predicted octanol–water partition coefficient (Wildman–Crippen LogP) is 7.53. The van der Waals surface area contributed by atoms with Gasteiger partial charge in [-0.1, -0.05) is 71.1 Å². The lowest BCUT2D eigenvalue weighted by Crippen LogP contribution is -1.97. The van der Waals surface area contributed by atoms with Crippen molar-refractivity contribution in [3.8, 4) is 27.0 Å². The quantitative estimate of drug-likeness (QED) is 0.276. The maximum absolute atomic E-state index is 6.05. The lowest BCUT2D eigenvalue weighted by Gasteiger charge is -2.02. The maximum atomic E-state index is 6.05. The summed E-state index contributed by atoms with van der Waals surface area (Å²) < 4.78 is 3.05. The van der Waals surface area contributed by atoms with E-state index in [9.17, 15) is 0 Å². The average Bonchev–Trinajstić information content (AvgIpc) is 3.50. The van der Waals surface area contributed by atoms with Gasteiger partial charge in [-0.05, 0) is 41.8 Å². The Morgan fingerprint density at radius 1 is 0.897 bits per heavy atom. The fourth-order valence-electron chi connectivity index (χ4n) is 2.91. The summed E-state index contributed by atoms with van der Waals surface area (Å²) in [4.78, 5) is 7.28. The number of rotatable bonds is 5. The van der Waals surface area contributed by atoms with Crippen molar-refractivity contribution in [3.05, 3.63) is 89.4 Å². The summed E-state index contributed by atoms with van der Waals surface area (Å²) in [5.74, 6) is 0. The summed E-state index contributed by atoms with van der Waals surface area (Å²) in [7, 11) is 0. The Bertz CT molecular complexity index is 1230. The van der Waals surface area contributed by atoms with E-state index < -0.39 is 0 Å². The van der Waals surface area contributed by atoms with Crippen molar-refractivity contribution in [1.29, 1.82) is 0 Å². The molecule has 7 heteroatoms. The molecule has 0 amide bonds. The highest BCUT2D eigenvalue weighted by atomic mass is 35.5. The number of hydrogen-bond acceptors (Lipinski definition) is 5. The van der Waals surface area contributed by atoms with Gasteiger partial charge in [-0.2, -0.15) is 5.10 Å². The minimum atomic E-state index is 0.736. The van der Waals surface area contributed by atoms with Crippen LogP contribution in [-0.4, -0.2) is 14.8 Å². The lowest BCUT2D eigenvalue weighted by molar-refractivity contribution is 0.879. The van der Waals surface area contributed by atoms with Crippen molar-refractivity contribution in [3.63, 3.8) is 0 Å². The molecule has 3 heterocycles. The van der Waals surface area contributed by atoms with Crippen molar-refractivity contribution in [2.75, 3.05) is 0 Å². The first-order valence-corrected chi connectivity index (χ1v) is 11.7. The highest BCUT2D eigenvalue weighted by Gasteiger charge is 2.18. The normalized spacial score (nSPS) is 11.1. The molecule has 0 bridgehead atoms. The zero-order valence-corrected chi connectivity index (χ0v) is 18.2. The van der Waals surface area contributed by atoms with Crippen molar-refractivity contribution in [2.24, 2.45) is 0 Å². The summed E-state index contributed by atoms with van der Waals surface area (Å²) in [5.41, 5.74) is 3.12. The van der Waals surface area contributed by atoms with Gasteiger partial charge in [0.1, 0.15) is 0 Å². The zero-order chi connectivity index (χ0) is 19.6. The number of thiophene rings is 1. The molecule has 29 heavy (non-hydrogen) atoms. The summed E-state index contributed by atoms with van der Waals surface area (Å²) in [6.45, 7) is 0. The smallest absolute Gasteiger partial charge is 0.212 e. The van der Waals surface area contributed by atoms with Crippen LogP contribution < -0.4 is 0 Å². The Hall–Kier alpha value is -2.38. The molecule has 3 nitrogen and oxygen atoms in total. The minimum absolute atomic E-state index is 0.736. The molecule has 0 aliphatic rings. The molecule has 0 aliphatic carbocycles. The van der Waals surface area contributed by atoms with Gasteiger partial charge in [-0.3, -0.25) is 0 Å². The van der Waals surface area contributed by atoms with Crippen LogP contribution in [0.4, 0.5) is 0 Å². The molecule has 0 atom stereocenters. The molecule has 5 aromatic rings. The van der Waals surface area contributed by atoms with E-state index >= 15 is 0 Å². The molecule has 0 aliphatic heterocycles. The fourth-order valence-corrected chi connectivity index (χ4v) is 5.99. The minimum Gasteiger partial charge on any atom is -0.217 e. The second-order valence-corrected chi connectivity index (χ2v) is 9.86. The van der Waals surface area contributed by atoms with Crippen LogP contribution >= 0.6 is 46.0 Å². The highest BCUT2D eigenvalue weighted by Crippen LogP contribution is 2.42. The average molecular weight is 452 g/mol. The van der Waals surface area contributed by atoms with E-state index in [0.717, 1.165) is 36.2 Å². The monoisotopic (exact) mass is 451 g/mol. The SMILES string of the molecule is Clc1ccc(Sc2sc(-n3nccc3-c3cccs3)nc2-c2ccccc2)cc1. The molecule has 5 rings (SSSR count).